The van der Waals surface area contributed by atoms with E-state index in [0.29, 0.717) is 18.9 Å². The third-order valence-electron chi connectivity index (χ3n) is 5.04. The van der Waals surface area contributed by atoms with Crippen molar-refractivity contribution in [3.05, 3.63) is 42.0 Å². The first-order valence-electron chi connectivity index (χ1n) is 9.15. The molecule has 1 aromatic rings. The molecule has 5 nitrogen and oxygen atoms in total. The van der Waals surface area contributed by atoms with Gasteiger partial charge in [0.15, 0.2) is 0 Å². The van der Waals surface area contributed by atoms with Crippen molar-refractivity contribution in [1.82, 2.24) is 10.2 Å². The number of nitrogens with zero attached hydrogens (tertiary/aromatic N) is 1. The summed E-state index contributed by atoms with van der Waals surface area (Å²) in [5.41, 5.74) is 1.20. The number of carbonyl (C=O) groups excluding carboxylic acids is 1. The standard InChI is InChI=1S/C20H28N2O3/c1-24-18-8-6-17(7-9-18)19(22-10-12-25-13-11-22)15-21-20(23)14-16-4-2-3-5-16/h2,4,6-9,16,19H,3,5,10-15H2,1H3,(H,21,23). The number of morpholine rings is 1. The molecule has 1 N–H and O–H groups in total. The first kappa shape index (κ1) is 18.0. The number of hydrogen-bond donors (Lipinski definition) is 1. The van der Waals surface area contributed by atoms with Gasteiger partial charge in [-0.2, -0.15) is 0 Å². The van der Waals surface area contributed by atoms with E-state index >= 15 is 0 Å². The lowest BCUT2D eigenvalue weighted by atomic mass is 10.0. The second-order valence-electron chi connectivity index (χ2n) is 6.71. The van der Waals surface area contributed by atoms with Crippen LogP contribution >= 0.6 is 0 Å². The van der Waals surface area contributed by atoms with Gasteiger partial charge in [0.25, 0.3) is 0 Å². The number of allylic oxidation sites excluding steroid dienone is 2. The molecule has 2 aliphatic rings. The smallest absolute Gasteiger partial charge is 0.220 e. The number of ether oxygens (including phenoxy) is 2. The molecule has 1 aliphatic heterocycles. The average molecular weight is 344 g/mol. The molecule has 2 atom stereocenters. The highest BCUT2D eigenvalue weighted by atomic mass is 16.5. The fraction of sp³-hybridized carbons (Fsp3) is 0.550. The van der Waals surface area contributed by atoms with E-state index in [1.165, 1.54) is 5.56 Å². The molecule has 25 heavy (non-hydrogen) atoms. The molecule has 0 aromatic heterocycles. The number of benzene rings is 1. The highest BCUT2D eigenvalue weighted by molar-refractivity contribution is 5.76. The zero-order valence-electron chi connectivity index (χ0n) is 14.9. The molecule has 2 unspecified atom stereocenters. The third kappa shape index (κ3) is 5.06. The molecule has 1 heterocycles. The molecule has 0 radical (unpaired) electrons. The van der Waals surface area contributed by atoms with Crippen LogP contribution in [0.1, 0.15) is 30.9 Å². The summed E-state index contributed by atoms with van der Waals surface area (Å²) in [6, 6.07) is 8.30. The van der Waals surface area contributed by atoms with Crippen LogP contribution in [-0.2, 0) is 9.53 Å². The number of nitrogens with one attached hydrogen (secondary N) is 1. The van der Waals surface area contributed by atoms with E-state index in [9.17, 15) is 4.79 Å². The van der Waals surface area contributed by atoms with Gasteiger partial charge >= 0.3 is 0 Å². The number of methoxy groups -OCH3 is 1. The van der Waals surface area contributed by atoms with E-state index in [1.54, 1.807) is 7.11 Å². The van der Waals surface area contributed by atoms with Crippen molar-refractivity contribution >= 4 is 5.91 Å². The molecule has 1 amide bonds. The lowest BCUT2D eigenvalue weighted by Crippen LogP contribution is -2.44. The van der Waals surface area contributed by atoms with Gasteiger partial charge in [0.05, 0.1) is 26.4 Å². The Bertz CT molecular complexity index is 579. The first-order chi connectivity index (χ1) is 12.3. The van der Waals surface area contributed by atoms with Crippen molar-refractivity contribution in [2.24, 2.45) is 5.92 Å². The average Bonchev–Trinajstić information content (AvgIpc) is 3.16. The molecular formula is C20H28N2O3. The zero-order chi connectivity index (χ0) is 17.5. The Morgan fingerprint density at radius 1 is 1.32 bits per heavy atom. The summed E-state index contributed by atoms with van der Waals surface area (Å²) in [4.78, 5) is 14.7. The fourth-order valence-corrected chi connectivity index (χ4v) is 3.56. The van der Waals surface area contributed by atoms with E-state index in [2.05, 4.69) is 34.5 Å². The van der Waals surface area contributed by atoms with Gasteiger partial charge in [0.1, 0.15) is 5.75 Å². The van der Waals surface area contributed by atoms with E-state index in [-0.39, 0.29) is 11.9 Å². The molecule has 1 aliphatic carbocycles. The number of amides is 1. The van der Waals surface area contributed by atoms with Crippen molar-refractivity contribution in [3.8, 4) is 5.75 Å². The largest absolute Gasteiger partial charge is 0.497 e. The van der Waals surface area contributed by atoms with E-state index in [1.807, 2.05) is 12.1 Å². The summed E-state index contributed by atoms with van der Waals surface area (Å²) in [6.45, 7) is 3.89. The summed E-state index contributed by atoms with van der Waals surface area (Å²) in [6.07, 6.45) is 7.13. The molecule has 1 aromatic carbocycles. The highest BCUT2D eigenvalue weighted by Gasteiger charge is 2.24. The van der Waals surface area contributed by atoms with Gasteiger partial charge in [-0.3, -0.25) is 9.69 Å². The maximum absolute atomic E-state index is 12.3. The Hall–Kier alpha value is -1.85. The van der Waals surface area contributed by atoms with Crippen molar-refractivity contribution in [2.75, 3.05) is 40.0 Å². The topological polar surface area (TPSA) is 50.8 Å². The van der Waals surface area contributed by atoms with Gasteiger partial charge in [-0.25, -0.2) is 0 Å². The minimum atomic E-state index is 0.142. The lowest BCUT2D eigenvalue weighted by Gasteiger charge is -2.35. The molecule has 3 rings (SSSR count). The maximum atomic E-state index is 12.3. The molecule has 0 bridgehead atoms. The summed E-state index contributed by atoms with van der Waals surface area (Å²) in [7, 11) is 1.67. The maximum Gasteiger partial charge on any atom is 0.220 e. The number of carbonyl (C=O) groups is 1. The lowest BCUT2D eigenvalue weighted by molar-refractivity contribution is -0.122. The fourth-order valence-electron chi connectivity index (χ4n) is 3.56. The SMILES string of the molecule is COc1ccc(C(CNC(=O)CC2C=CCC2)N2CCOCC2)cc1. The molecule has 1 saturated heterocycles. The third-order valence-corrected chi connectivity index (χ3v) is 5.04. The van der Waals surface area contributed by atoms with Crippen molar-refractivity contribution in [2.45, 2.75) is 25.3 Å². The summed E-state index contributed by atoms with van der Waals surface area (Å²) < 4.78 is 10.7. The first-order valence-corrected chi connectivity index (χ1v) is 9.15. The van der Waals surface area contributed by atoms with Gasteiger partial charge in [0, 0.05) is 26.1 Å². The van der Waals surface area contributed by atoms with Crippen molar-refractivity contribution in [3.63, 3.8) is 0 Å². The quantitative estimate of drug-likeness (QED) is 0.773. The van der Waals surface area contributed by atoms with Crippen molar-refractivity contribution < 1.29 is 14.3 Å². The van der Waals surface area contributed by atoms with Gasteiger partial charge in [0.2, 0.25) is 5.91 Å². The molecular weight excluding hydrogens is 316 g/mol. The second kappa shape index (κ2) is 9.02. The van der Waals surface area contributed by atoms with Crippen LogP contribution in [0.25, 0.3) is 0 Å². The predicted molar refractivity (Wildman–Crippen MR) is 97.6 cm³/mol. The summed E-state index contributed by atoms with van der Waals surface area (Å²) >= 11 is 0. The summed E-state index contributed by atoms with van der Waals surface area (Å²) in [5.74, 6) is 1.40. The van der Waals surface area contributed by atoms with Crippen LogP contribution in [0.15, 0.2) is 36.4 Å². The van der Waals surface area contributed by atoms with Crippen LogP contribution in [0, 0.1) is 5.92 Å². The molecule has 136 valence electrons. The van der Waals surface area contributed by atoms with E-state index in [0.717, 1.165) is 44.9 Å². The molecule has 0 spiro atoms. The van der Waals surface area contributed by atoms with Crippen LogP contribution in [0.4, 0.5) is 0 Å². The Labute approximate surface area is 150 Å². The monoisotopic (exact) mass is 344 g/mol. The second-order valence-corrected chi connectivity index (χ2v) is 6.71. The Morgan fingerprint density at radius 2 is 2.08 bits per heavy atom. The van der Waals surface area contributed by atoms with Gasteiger partial charge in [-0.05, 0) is 36.5 Å². The Kier molecular flexibility index (Phi) is 6.48. The molecule has 1 fully saturated rings. The normalized spacial score (nSPS) is 21.9. The van der Waals surface area contributed by atoms with Crippen LogP contribution in [0.3, 0.4) is 0 Å². The number of hydrogen-bond acceptors (Lipinski definition) is 4. The Balaban J connectivity index is 1.62. The summed E-state index contributed by atoms with van der Waals surface area (Å²) in [5, 5.41) is 3.15. The molecule has 0 saturated carbocycles. The van der Waals surface area contributed by atoms with E-state index in [4.69, 9.17) is 9.47 Å². The van der Waals surface area contributed by atoms with Gasteiger partial charge in [-0.15, -0.1) is 0 Å². The van der Waals surface area contributed by atoms with Crippen molar-refractivity contribution in [1.29, 1.82) is 0 Å². The Morgan fingerprint density at radius 3 is 2.72 bits per heavy atom. The number of rotatable bonds is 7. The minimum absolute atomic E-state index is 0.142. The van der Waals surface area contributed by atoms with Gasteiger partial charge < -0.3 is 14.8 Å². The molecule has 5 heteroatoms. The van der Waals surface area contributed by atoms with E-state index < -0.39 is 0 Å². The van der Waals surface area contributed by atoms with Crippen LogP contribution in [0.5, 0.6) is 5.75 Å². The van der Waals surface area contributed by atoms with Crippen LogP contribution in [-0.4, -0.2) is 50.8 Å². The highest BCUT2D eigenvalue weighted by Crippen LogP contribution is 2.24. The van der Waals surface area contributed by atoms with Crippen LogP contribution in [0.2, 0.25) is 0 Å². The van der Waals surface area contributed by atoms with Gasteiger partial charge in [-0.1, -0.05) is 24.3 Å². The predicted octanol–water partition coefficient (Wildman–Crippen LogP) is 2.54. The minimum Gasteiger partial charge on any atom is -0.497 e. The zero-order valence-corrected chi connectivity index (χ0v) is 14.9. The van der Waals surface area contributed by atoms with Crippen LogP contribution < -0.4 is 10.1 Å².